The first-order valence-electron chi connectivity index (χ1n) is 7.80. The minimum absolute atomic E-state index is 0.143. The van der Waals surface area contributed by atoms with Gasteiger partial charge in [-0.2, -0.15) is 0 Å². The van der Waals surface area contributed by atoms with Gasteiger partial charge in [0, 0.05) is 25.3 Å². The molecule has 0 saturated carbocycles. The second-order valence-corrected chi connectivity index (χ2v) is 5.60. The second-order valence-electron chi connectivity index (χ2n) is 5.60. The van der Waals surface area contributed by atoms with Gasteiger partial charge in [0.2, 0.25) is 5.75 Å². The number of ketones is 1. The molecule has 0 heterocycles. The number of benzene rings is 2. The summed E-state index contributed by atoms with van der Waals surface area (Å²) in [6.07, 6.45) is 3.32. The van der Waals surface area contributed by atoms with Crippen LogP contribution in [0.2, 0.25) is 0 Å². The Morgan fingerprint density at radius 3 is 1.92 bits per heavy atom. The first-order chi connectivity index (χ1) is 12.0. The molecule has 0 aliphatic carbocycles. The van der Waals surface area contributed by atoms with Gasteiger partial charge in [-0.3, -0.25) is 4.79 Å². The zero-order valence-corrected chi connectivity index (χ0v) is 15.2. The fraction of sp³-hybridized carbons (Fsp3) is 0.250. The molecule has 0 radical (unpaired) electrons. The Balaban J connectivity index is 2.25. The summed E-state index contributed by atoms with van der Waals surface area (Å²) < 4.78 is 15.8. The Bertz CT molecular complexity index is 739. The number of hydrogen-bond donors (Lipinski definition) is 0. The Morgan fingerprint density at radius 2 is 1.48 bits per heavy atom. The number of carbonyl (C=O) groups excluding carboxylic acids is 1. The Morgan fingerprint density at radius 1 is 0.920 bits per heavy atom. The monoisotopic (exact) mass is 341 g/mol. The molecule has 0 N–H and O–H groups in total. The van der Waals surface area contributed by atoms with E-state index in [-0.39, 0.29) is 5.78 Å². The molecule has 2 rings (SSSR count). The van der Waals surface area contributed by atoms with Gasteiger partial charge >= 0.3 is 0 Å². The molecular formula is C20H23NO4. The van der Waals surface area contributed by atoms with Crippen molar-refractivity contribution in [1.29, 1.82) is 0 Å². The van der Waals surface area contributed by atoms with Crippen molar-refractivity contribution in [1.82, 2.24) is 0 Å². The van der Waals surface area contributed by atoms with Gasteiger partial charge in [-0.15, -0.1) is 0 Å². The molecule has 0 amide bonds. The van der Waals surface area contributed by atoms with Gasteiger partial charge in [-0.25, -0.2) is 0 Å². The van der Waals surface area contributed by atoms with E-state index in [4.69, 9.17) is 14.2 Å². The Kier molecular flexibility index (Phi) is 6.06. The molecule has 0 saturated heterocycles. The fourth-order valence-corrected chi connectivity index (χ4v) is 2.38. The van der Waals surface area contributed by atoms with E-state index < -0.39 is 0 Å². The molecule has 0 atom stereocenters. The van der Waals surface area contributed by atoms with E-state index in [1.807, 2.05) is 43.3 Å². The number of anilines is 1. The third-order valence-corrected chi connectivity index (χ3v) is 3.79. The number of methoxy groups -OCH3 is 3. The van der Waals surface area contributed by atoms with E-state index >= 15 is 0 Å². The summed E-state index contributed by atoms with van der Waals surface area (Å²) in [7, 11) is 8.54. The van der Waals surface area contributed by atoms with Crippen LogP contribution in [0.4, 0.5) is 5.69 Å². The number of hydrogen-bond acceptors (Lipinski definition) is 5. The maximum Gasteiger partial charge on any atom is 0.203 e. The van der Waals surface area contributed by atoms with Crippen molar-refractivity contribution < 1.29 is 19.0 Å². The maximum absolute atomic E-state index is 12.5. The molecule has 0 unspecified atom stereocenters. The van der Waals surface area contributed by atoms with E-state index in [2.05, 4.69) is 0 Å². The van der Waals surface area contributed by atoms with Crippen LogP contribution < -0.4 is 19.1 Å². The highest BCUT2D eigenvalue weighted by Crippen LogP contribution is 2.38. The van der Waals surface area contributed by atoms with Crippen molar-refractivity contribution in [3.63, 3.8) is 0 Å². The highest BCUT2D eigenvalue weighted by molar-refractivity contribution is 6.07. The summed E-state index contributed by atoms with van der Waals surface area (Å²) in [5, 5.41) is 0. The summed E-state index contributed by atoms with van der Waals surface area (Å²) in [6, 6.07) is 11.2. The number of carbonyl (C=O) groups is 1. The normalized spacial score (nSPS) is 10.6. The highest BCUT2D eigenvalue weighted by Gasteiger charge is 2.15. The highest BCUT2D eigenvalue weighted by atomic mass is 16.5. The van der Waals surface area contributed by atoms with Crippen molar-refractivity contribution in [3.05, 3.63) is 53.6 Å². The van der Waals surface area contributed by atoms with Crippen LogP contribution in [0.3, 0.4) is 0 Å². The number of ether oxygens (including phenoxy) is 3. The number of rotatable bonds is 7. The van der Waals surface area contributed by atoms with Crippen LogP contribution in [-0.4, -0.2) is 41.2 Å². The first-order valence-corrected chi connectivity index (χ1v) is 7.80. The first kappa shape index (κ1) is 18.4. The standard InChI is InChI=1S/C20H23NO4/c1-21(2)16-9-6-14(7-10-16)8-11-17(22)15-12-18(23-3)20(25-5)19(13-15)24-4/h6-13H,1-5H3/b11-8+. The zero-order chi connectivity index (χ0) is 18.4. The van der Waals surface area contributed by atoms with Crippen LogP contribution in [0, 0.1) is 0 Å². The van der Waals surface area contributed by atoms with Gasteiger partial charge in [-0.05, 0) is 35.9 Å². The molecule has 2 aromatic rings. The van der Waals surface area contributed by atoms with Gasteiger partial charge in [0.25, 0.3) is 0 Å². The third-order valence-electron chi connectivity index (χ3n) is 3.79. The second kappa shape index (κ2) is 8.24. The van der Waals surface area contributed by atoms with Gasteiger partial charge in [-0.1, -0.05) is 18.2 Å². The zero-order valence-electron chi connectivity index (χ0n) is 15.2. The molecular weight excluding hydrogens is 318 g/mol. The SMILES string of the molecule is COc1cc(C(=O)/C=C/c2ccc(N(C)C)cc2)cc(OC)c1OC. The summed E-state index contributed by atoms with van der Waals surface area (Å²) in [5.74, 6) is 1.23. The molecule has 2 aromatic carbocycles. The summed E-state index contributed by atoms with van der Waals surface area (Å²) in [6.45, 7) is 0. The van der Waals surface area contributed by atoms with Crippen LogP contribution in [0.1, 0.15) is 15.9 Å². The average molecular weight is 341 g/mol. The predicted octanol–water partition coefficient (Wildman–Crippen LogP) is 3.67. The average Bonchev–Trinajstić information content (AvgIpc) is 2.64. The lowest BCUT2D eigenvalue weighted by Crippen LogP contribution is -2.07. The fourth-order valence-electron chi connectivity index (χ4n) is 2.38. The van der Waals surface area contributed by atoms with Crippen LogP contribution >= 0.6 is 0 Å². The maximum atomic E-state index is 12.5. The van der Waals surface area contributed by atoms with Crippen LogP contribution in [0.15, 0.2) is 42.5 Å². The van der Waals surface area contributed by atoms with Gasteiger partial charge in [0.15, 0.2) is 17.3 Å². The van der Waals surface area contributed by atoms with Crippen molar-refractivity contribution >= 4 is 17.5 Å². The molecule has 0 fully saturated rings. The number of nitrogens with zero attached hydrogens (tertiary/aromatic N) is 1. The minimum Gasteiger partial charge on any atom is -0.493 e. The lowest BCUT2D eigenvalue weighted by atomic mass is 10.1. The van der Waals surface area contributed by atoms with Crippen LogP contribution in [-0.2, 0) is 0 Å². The summed E-state index contributed by atoms with van der Waals surface area (Å²) in [4.78, 5) is 14.5. The molecule has 0 bridgehead atoms. The number of allylic oxidation sites excluding steroid dienone is 1. The largest absolute Gasteiger partial charge is 0.493 e. The van der Waals surface area contributed by atoms with Crippen molar-refractivity contribution in [3.8, 4) is 17.2 Å². The van der Waals surface area contributed by atoms with Gasteiger partial charge in [0.05, 0.1) is 21.3 Å². The van der Waals surface area contributed by atoms with Crippen molar-refractivity contribution in [2.45, 2.75) is 0 Å². The predicted molar refractivity (Wildman–Crippen MR) is 100 cm³/mol. The van der Waals surface area contributed by atoms with E-state index in [1.165, 1.54) is 27.4 Å². The van der Waals surface area contributed by atoms with Crippen LogP contribution in [0.25, 0.3) is 6.08 Å². The lowest BCUT2D eigenvalue weighted by molar-refractivity contribution is 0.104. The molecule has 5 nitrogen and oxygen atoms in total. The van der Waals surface area contributed by atoms with Crippen molar-refractivity contribution in [2.75, 3.05) is 40.3 Å². The Hall–Kier alpha value is -2.95. The van der Waals surface area contributed by atoms with E-state index in [1.54, 1.807) is 18.2 Å². The lowest BCUT2D eigenvalue weighted by Gasteiger charge is -2.13. The third kappa shape index (κ3) is 4.32. The molecule has 0 aromatic heterocycles. The van der Waals surface area contributed by atoms with Crippen molar-refractivity contribution in [2.24, 2.45) is 0 Å². The van der Waals surface area contributed by atoms with E-state index in [0.717, 1.165) is 11.3 Å². The molecule has 132 valence electrons. The van der Waals surface area contributed by atoms with E-state index in [0.29, 0.717) is 22.8 Å². The minimum atomic E-state index is -0.143. The van der Waals surface area contributed by atoms with Gasteiger partial charge in [0.1, 0.15) is 0 Å². The van der Waals surface area contributed by atoms with Gasteiger partial charge < -0.3 is 19.1 Å². The van der Waals surface area contributed by atoms with Crippen LogP contribution in [0.5, 0.6) is 17.2 Å². The molecule has 0 spiro atoms. The topological polar surface area (TPSA) is 48.0 Å². The molecule has 5 heteroatoms. The smallest absolute Gasteiger partial charge is 0.203 e. The summed E-state index contributed by atoms with van der Waals surface area (Å²) in [5.41, 5.74) is 2.52. The molecule has 0 aliphatic rings. The summed E-state index contributed by atoms with van der Waals surface area (Å²) >= 11 is 0. The Labute approximate surface area is 148 Å². The molecule has 25 heavy (non-hydrogen) atoms. The molecule has 0 aliphatic heterocycles. The van der Waals surface area contributed by atoms with E-state index in [9.17, 15) is 4.79 Å². The quantitative estimate of drug-likeness (QED) is 0.568.